The first-order chi connectivity index (χ1) is 15.9. The molecule has 0 saturated carbocycles. The molecule has 0 radical (unpaired) electrons. The van der Waals surface area contributed by atoms with E-state index in [0.29, 0.717) is 30.1 Å². The molecular formula is C25H20F3N3O2. The van der Waals surface area contributed by atoms with Crippen LogP contribution < -0.4 is 0 Å². The van der Waals surface area contributed by atoms with Crippen LogP contribution >= 0.6 is 0 Å². The van der Waals surface area contributed by atoms with Crippen LogP contribution in [0.4, 0.5) is 13.2 Å². The molecule has 0 aliphatic carbocycles. The van der Waals surface area contributed by atoms with Gasteiger partial charge < -0.3 is 9.32 Å². The summed E-state index contributed by atoms with van der Waals surface area (Å²) < 4.78 is 44.2. The minimum Gasteiger partial charge on any atom is -0.420 e. The van der Waals surface area contributed by atoms with Crippen molar-refractivity contribution in [3.8, 4) is 11.5 Å². The average molecular weight is 451 g/mol. The fourth-order valence-corrected chi connectivity index (χ4v) is 4.26. The molecule has 1 aromatic heterocycles. The zero-order valence-electron chi connectivity index (χ0n) is 17.5. The van der Waals surface area contributed by atoms with E-state index in [1.165, 1.54) is 12.1 Å². The number of piperidine rings is 1. The van der Waals surface area contributed by atoms with Gasteiger partial charge in [0.15, 0.2) is 0 Å². The lowest BCUT2D eigenvalue weighted by Gasteiger charge is -2.31. The van der Waals surface area contributed by atoms with Crippen LogP contribution in [0.3, 0.4) is 0 Å². The number of alkyl halides is 3. The third-order valence-electron chi connectivity index (χ3n) is 5.98. The predicted octanol–water partition coefficient (Wildman–Crippen LogP) is 5.93. The standard InChI is InChI=1S/C25H20F3N3O2/c26-25(27,28)19-12-10-17(11-13-19)22-29-30-23(33-22)18-7-4-14-31(15-18)24(32)21-9-3-6-16-5-1-2-8-20(16)21/h1-3,5-6,8-13,18H,4,7,14-15H2. The number of likely N-dealkylation sites (tertiary alicyclic amines) is 1. The summed E-state index contributed by atoms with van der Waals surface area (Å²) in [5, 5.41) is 10.1. The van der Waals surface area contributed by atoms with E-state index >= 15 is 0 Å². The first kappa shape index (κ1) is 21.2. The molecule has 3 aromatic carbocycles. The highest BCUT2D eigenvalue weighted by Gasteiger charge is 2.31. The number of amides is 1. The second-order valence-corrected chi connectivity index (χ2v) is 8.14. The summed E-state index contributed by atoms with van der Waals surface area (Å²) in [5.41, 5.74) is 0.340. The van der Waals surface area contributed by atoms with Gasteiger partial charge in [-0.2, -0.15) is 13.2 Å². The van der Waals surface area contributed by atoms with Crippen molar-refractivity contribution in [1.82, 2.24) is 15.1 Å². The maximum Gasteiger partial charge on any atom is 0.416 e. The fourth-order valence-electron chi connectivity index (χ4n) is 4.26. The van der Waals surface area contributed by atoms with Gasteiger partial charge in [0.1, 0.15) is 0 Å². The number of hydrogen-bond donors (Lipinski definition) is 0. The maximum absolute atomic E-state index is 13.3. The molecule has 1 fully saturated rings. The van der Waals surface area contributed by atoms with Gasteiger partial charge in [0.2, 0.25) is 11.8 Å². The van der Waals surface area contributed by atoms with E-state index in [4.69, 9.17) is 4.42 Å². The van der Waals surface area contributed by atoms with E-state index in [1.807, 2.05) is 42.5 Å². The van der Waals surface area contributed by atoms with Gasteiger partial charge in [0, 0.05) is 24.2 Å². The van der Waals surface area contributed by atoms with Crippen LogP contribution in [0.25, 0.3) is 22.2 Å². The molecule has 1 unspecified atom stereocenters. The number of halogens is 3. The number of carbonyl (C=O) groups is 1. The van der Waals surface area contributed by atoms with Gasteiger partial charge in [-0.15, -0.1) is 10.2 Å². The minimum absolute atomic E-state index is 0.0426. The minimum atomic E-state index is -4.40. The summed E-state index contributed by atoms with van der Waals surface area (Å²) in [4.78, 5) is 15.1. The second kappa shape index (κ2) is 8.35. The zero-order chi connectivity index (χ0) is 23.0. The third kappa shape index (κ3) is 4.20. The molecule has 5 nitrogen and oxygen atoms in total. The Labute approximate surface area is 187 Å². The molecule has 1 aliphatic rings. The van der Waals surface area contributed by atoms with E-state index in [1.54, 1.807) is 4.90 Å². The van der Waals surface area contributed by atoms with Crippen molar-refractivity contribution in [2.75, 3.05) is 13.1 Å². The van der Waals surface area contributed by atoms with E-state index in [0.717, 1.165) is 35.7 Å². The smallest absolute Gasteiger partial charge is 0.416 e. The zero-order valence-corrected chi connectivity index (χ0v) is 17.5. The van der Waals surface area contributed by atoms with Crippen molar-refractivity contribution in [1.29, 1.82) is 0 Å². The van der Waals surface area contributed by atoms with Gasteiger partial charge in [-0.1, -0.05) is 36.4 Å². The number of benzene rings is 3. The van der Waals surface area contributed by atoms with Crippen LogP contribution in [0.2, 0.25) is 0 Å². The average Bonchev–Trinajstić information content (AvgIpc) is 3.33. The molecule has 168 valence electrons. The van der Waals surface area contributed by atoms with Crippen molar-refractivity contribution in [3.63, 3.8) is 0 Å². The summed E-state index contributed by atoms with van der Waals surface area (Å²) in [6, 6.07) is 18.1. The topological polar surface area (TPSA) is 59.2 Å². The Morgan fingerprint density at radius 2 is 1.73 bits per heavy atom. The summed E-state index contributed by atoms with van der Waals surface area (Å²) >= 11 is 0. The highest BCUT2D eigenvalue weighted by molar-refractivity contribution is 6.07. The predicted molar refractivity (Wildman–Crippen MR) is 117 cm³/mol. The normalized spacial score (nSPS) is 16.8. The van der Waals surface area contributed by atoms with Gasteiger partial charge in [0.25, 0.3) is 5.91 Å². The molecule has 5 rings (SSSR count). The Morgan fingerprint density at radius 3 is 2.52 bits per heavy atom. The maximum atomic E-state index is 13.3. The van der Waals surface area contributed by atoms with Crippen molar-refractivity contribution >= 4 is 16.7 Å². The molecule has 0 bridgehead atoms. The van der Waals surface area contributed by atoms with E-state index < -0.39 is 11.7 Å². The van der Waals surface area contributed by atoms with Gasteiger partial charge >= 0.3 is 6.18 Å². The van der Waals surface area contributed by atoms with E-state index in [2.05, 4.69) is 10.2 Å². The van der Waals surface area contributed by atoms with Crippen molar-refractivity contribution in [3.05, 3.63) is 83.7 Å². The van der Waals surface area contributed by atoms with E-state index in [9.17, 15) is 18.0 Å². The SMILES string of the molecule is O=C(c1cccc2ccccc12)N1CCCC(c2nnc(-c3ccc(C(F)(F)F)cc3)o2)C1. The summed E-state index contributed by atoms with van der Waals surface area (Å²) in [6.45, 7) is 1.08. The molecule has 4 aromatic rings. The molecule has 8 heteroatoms. The Balaban J connectivity index is 1.34. The van der Waals surface area contributed by atoms with Gasteiger partial charge in [-0.25, -0.2) is 0 Å². The van der Waals surface area contributed by atoms with Crippen LogP contribution in [-0.2, 0) is 6.18 Å². The van der Waals surface area contributed by atoms with Crippen LogP contribution in [0.5, 0.6) is 0 Å². The van der Waals surface area contributed by atoms with Gasteiger partial charge in [0.05, 0.1) is 11.5 Å². The molecule has 1 atom stereocenters. The largest absolute Gasteiger partial charge is 0.420 e. The summed E-state index contributed by atoms with van der Waals surface area (Å²) in [5.74, 6) is 0.379. The Hall–Kier alpha value is -3.68. The highest BCUT2D eigenvalue weighted by Crippen LogP contribution is 2.33. The Morgan fingerprint density at radius 1 is 0.970 bits per heavy atom. The van der Waals surface area contributed by atoms with Gasteiger partial charge in [-0.3, -0.25) is 4.79 Å². The highest BCUT2D eigenvalue weighted by atomic mass is 19.4. The number of rotatable bonds is 3. The first-order valence-electron chi connectivity index (χ1n) is 10.7. The molecule has 0 N–H and O–H groups in total. The fraction of sp³-hybridized carbons (Fsp3) is 0.240. The van der Waals surface area contributed by atoms with Crippen LogP contribution in [0.1, 0.15) is 40.6 Å². The van der Waals surface area contributed by atoms with E-state index in [-0.39, 0.29) is 17.7 Å². The molecule has 2 heterocycles. The summed E-state index contributed by atoms with van der Waals surface area (Å²) in [6.07, 6.45) is -2.83. The molecule has 1 saturated heterocycles. The molecule has 0 spiro atoms. The van der Waals surface area contributed by atoms with Crippen molar-refractivity contribution in [2.24, 2.45) is 0 Å². The van der Waals surface area contributed by atoms with Crippen LogP contribution in [0.15, 0.2) is 71.1 Å². The number of carbonyl (C=O) groups excluding carboxylic acids is 1. The van der Waals surface area contributed by atoms with Crippen LogP contribution in [0, 0.1) is 0 Å². The molecule has 1 amide bonds. The van der Waals surface area contributed by atoms with Crippen molar-refractivity contribution < 1.29 is 22.4 Å². The lowest BCUT2D eigenvalue weighted by molar-refractivity contribution is -0.137. The lowest BCUT2D eigenvalue weighted by atomic mass is 9.96. The Kier molecular flexibility index (Phi) is 5.36. The first-order valence-corrected chi connectivity index (χ1v) is 10.7. The number of fused-ring (bicyclic) bond motifs is 1. The van der Waals surface area contributed by atoms with Gasteiger partial charge in [-0.05, 0) is 53.9 Å². The van der Waals surface area contributed by atoms with Crippen LogP contribution in [-0.4, -0.2) is 34.1 Å². The molecular weight excluding hydrogens is 431 g/mol. The number of aromatic nitrogens is 2. The lowest BCUT2D eigenvalue weighted by Crippen LogP contribution is -2.39. The molecule has 33 heavy (non-hydrogen) atoms. The quantitative estimate of drug-likeness (QED) is 0.388. The molecule has 1 aliphatic heterocycles. The second-order valence-electron chi connectivity index (χ2n) is 8.14. The number of hydrogen-bond acceptors (Lipinski definition) is 4. The monoisotopic (exact) mass is 451 g/mol. The van der Waals surface area contributed by atoms with Crippen molar-refractivity contribution in [2.45, 2.75) is 24.9 Å². The Bertz CT molecular complexity index is 1290. The number of nitrogens with zero attached hydrogens (tertiary/aromatic N) is 3. The third-order valence-corrected chi connectivity index (χ3v) is 5.98. The summed E-state index contributed by atoms with van der Waals surface area (Å²) in [7, 11) is 0.